The highest BCUT2D eigenvalue weighted by Crippen LogP contribution is 2.26. The van der Waals surface area contributed by atoms with E-state index in [1.165, 1.54) is 26.3 Å². The summed E-state index contributed by atoms with van der Waals surface area (Å²) in [6.45, 7) is 1.34. The fourth-order valence-corrected chi connectivity index (χ4v) is 2.51. The number of rotatable bonds is 6. The number of halogens is 1. The first-order chi connectivity index (χ1) is 8.99. The molecule has 19 heavy (non-hydrogen) atoms. The molecule has 0 aromatic heterocycles. The molecular formula is C11H17IN2O5. The van der Waals surface area contributed by atoms with Crippen molar-refractivity contribution in [1.29, 1.82) is 0 Å². The number of esters is 1. The van der Waals surface area contributed by atoms with E-state index in [2.05, 4.69) is 27.9 Å². The topological polar surface area (TPSA) is 99.9 Å². The predicted octanol–water partition coefficient (Wildman–Crippen LogP) is -0.318. The summed E-state index contributed by atoms with van der Waals surface area (Å²) in [6, 6.07) is 0. The van der Waals surface area contributed by atoms with Crippen LogP contribution in [-0.2, 0) is 23.8 Å². The van der Waals surface area contributed by atoms with Crippen LogP contribution in [0.15, 0.2) is 12.3 Å². The molecule has 1 aliphatic heterocycles. The van der Waals surface area contributed by atoms with Crippen LogP contribution in [0.1, 0.15) is 6.92 Å². The van der Waals surface area contributed by atoms with Gasteiger partial charge < -0.3 is 25.3 Å². The average Bonchev–Trinajstić information content (AvgIpc) is 2.65. The molecule has 2 unspecified atom stereocenters. The highest BCUT2D eigenvalue weighted by atomic mass is 127. The highest BCUT2D eigenvalue weighted by Gasteiger charge is 2.46. The van der Waals surface area contributed by atoms with Gasteiger partial charge in [0.2, 0.25) is 5.91 Å². The van der Waals surface area contributed by atoms with Crippen LogP contribution in [0, 0.1) is 0 Å². The average molecular weight is 384 g/mol. The molecule has 108 valence electrons. The molecule has 0 aromatic carbocycles. The number of ether oxygens (including phenoxy) is 3. The molecule has 1 aliphatic rings. The smallest absolute Gasteiger partial charge is 0.303 e. The molecule has 0 saturated carbocycles. The Morgan fingerprint density at radius 3 is 2.63 bits per heavy atom. The van der Waals surface area contributed by atoms with Gasteiger partial charge in [0.25, 0.3) is 0 Å². The van der Waals surface area contributed by atoms with Crippen LogP contribution in [0.2, 0.25) is 0 Å². The maximum Gasteiger partial charge on any atom is 0.303 e. The summed E-state index contributed by atoms with van der Waals surface area (Å²) in [7, 11) is 1.51. The van der Waals surface area contributed by atoms with Crippen LogP contribution in [0.25, 0.3) is 0 Å². The van der Waals surface area contributed by atoms with E-state index in [0.29, 0.717) is 4.43 Å². The lowest BCUT2D eigenvalue weighted by molar-refractivity contribution is -0.153. The number of hydrogen-bond acceptors (Lipinski definition) is 6. The van der Waals surface area contributed by atoms with Gasteiger partial charge >= 0.3 is 5.97 Å². The number of alkyl halides is 1. The quantitative estimate of drug-likeness (QED) is 0.282. The molecule has 8 heteroatoms. The molecule has 0 aliphatic carbocycles. The molecule has 1 fully saturated rings. The number of primary amides is 1. The standard InChI is InChI=1S/C11H17IN2O5/c1-6(15)18-9-7(5-12)19-11(10(9)17-2)14-4-3-8(13)16/h3-4,7,9-11,14H,5H2,1-2H3,(H2,13,16)/b4-3-/t7-,9?,10?,11-/m1/s1. The molecule has 0 aromatic rings. The SMILES string of the molecule is COC1C(OC(C)=O)[C@@H](CI)O[C@H]1N/C=C\C(N)=O. The monoisotopic (exact) mass is 384 g/mol. The van der Waals surface area contributed by atoms with Crippen LogP contribution in [0.3, 0.4) is 0 Å². The lowest BCUT2D eigenvalue weighted by Gasteiger charge is -2.21. The van der Waals surface area contributed by atoms with Gasteiger partial charge in [-0.15, -0.1) is 0 Å². The Hall–Kier alpha value is -0.870. The second-order valence-corrected chi connectivity index (χ2v) is 4.81. The van der Waals surface area contributed by atoms with Gasteiger partial charge in [-0.2, -0.15) is 0 Å². The molecule has 7 nitrogen and oxygen atoms in total. The van der Waals surface area contributed by atoms with Crippen molar-refractivity contribution < 1.29 is 23.8 Å². The van der Waals surface area contributed by atoms with Crippen LogP contribution >= 0.6 is 22.6 Å². The highest BCUT2D eigenvalue weighted by molar-refractivity contribution is 14.1. The molecule has 0 spiro atoms. The van der Waals surface area contributed by atoms with Crippen LogP contribution in [0.5, 0.6) is 0 Å². The Kier molecular flexibility index (Phi) is 6.52. The summed E-state index contributed by atoms with van der Waals surface area (Å²) in [4.78, 5) is 21.7. The molecule has 0 bridgehead atoms. The van der Waals surface area contributed by atoms with Gasteiger partial charge in [-0.05, 0) is 0 Å². The fourth-order valence-electron chi connectivity index (χ4n) is 1.80. The summed E-state index contributed by atoms with van der Waals surface area (Å²) in [6.07, 6.45) is 0.840. The van der Waals surface area contributed by atoms with Gasteiger partial charge in [0, 0.05) is 30.7 Å². The molecule has 1 saturated heterocycles. The minimum Gasteiger partial charge on any atom is -0.457 e. The Morgan fingerprint density at radius 1 is 1.47 bits per heavy atom. The number of carbonyl (C=O) groups excluding carboxylic acids is 2. The summed E-state index contributed by atoms with van der Waals surface area (Å²) < 4.78 is 16.9. The zero-order chi connectivity index (χ0) is 14.4. The summed E-state index contributed by atoms with van der Waals surface area (Å²) in [5, 5.41) is 2.86. The number of carbonyl (C=O) groups is 2. The maximum atomic E-state index is 11.1. The number of hydrogen-bond donors (Lipinski definition) is 2. The zero-order valence-electron chi connectivity index (χ0n) is 10.7. The first kappa shape index (κ1) is 16.2. The Morgan fingerprint density at radius 2 is 2.16 bits per heavy atom. The number of methoxy groups -OCH3 is 1. The van der Waals surface area contributed by atoms with Crippen molar-refractivity contribution in [3.05, 3.63) is 12.3 Å². The van der Waals surface area contributed by atoms with E-state index in [-0.39, 0.29) is 12.1 Å². The second-order valence-electron chi connectivity index (χ2n) is 3.93. The first-order valence-electron chi connectivity index (χ1n) is 5.63. The second kappa shape index (κ2) is 7.65. The molecule has 4 atom stereocenters. The van der Waals surface area contributed by atoms with E-state index in [4.69, 9.17) is 19.9 Å². The molecule has 1 rings (SSSR count). The van der Waals surface area contributed by atoms with Gasteiger partial charge in [-0.1, -0.05) is 22.6 Å². The summed E-state index contributed by atoms with van der Waals surface area (Å²) in [5.74, 6) is -0.958. The summed E-state index contributed by atoms with van der Waals surface area (Å²) in [5.41, 5.74) is 4.98. The maximum absolute atomic E-state index is 11.1. The van der Waals surface area contributed by atoms with Crippen molar-refractivity contribution >= 4 is 34.5 Å². The predicted molar refractivity (Wildman–Crippen MR) is 75.4 cm³/mol. The molecule has 0 radical (unpaired) electrons. The molecule has 1 heterocycles. The largest absolute Gasteiger partial charge is 0.457 e. The zero-order valence-corrected chi connectivity index (χ0v) is 12.8. The van der Waals surface area contributed by atoms with Crippen LogP contribution < -0.4 is 11.1 Å². The third-order valence-electron chi connectivity index (χ3n) is 2.54. The van der Waals surface area contributed by atoms with Crippen LogP contribution in [0.4, 0.5) is 0 Å². The molecular weight excluding hydrogens is 367 g/mol. The molecule has 3 N–H and O–H groups in total. The summed E-state index contributed by atoms with van der Waals surface area (Å²) >= 11 is 2.14. The third-order valence-corrected chi connectivity index (χ3v) is 3.41. The third kappa shape index (κ3) is 4.62. The van der Waals surface area contributed by atoms with Gasteiger partial charge in [0.1, 0.15) is 12.2 Å². The van der Waals surface area contributed by atoms with E-state index in [1.807, 2.05) is 0 Å². The first-order valence-corrected chi connectivity index (χ1v) is 7.15. The van der Waals surface area contributed by atoms with E-state index in [1.54, 1.807) is 0 Å². The Balaban J connectivity index is 2.72. The molecule has 1 amide bonds. The van der Waals surface area contributed by atoms with Gasteiger partial charge in [0.05, 0.1) is 0 Å². The van der Waals surface area contributed by atoms with Gasteiger partial charge in [-0.25, -0.2) is 0 Å². The van der Waals surface area contributed by atoms with Gasteiger partial charge in [0.15, 0.2) is 12.3 Å². The van der Waals surface area contributed by atoms with Crippen molar-refractivity contribution in [1.82, 2.24) is 5.32 Å². The van der Waals surface area contributed by atoms with E-state index in [0.717, 1.165) is 0 Å². The number of nitrogens with one attached hydrogen (secondary N) is 1. The number of amides is 1. The van der Waals surface area contributed by atoms with Gasteiger partial charge in [-0.3, -0.25) is 9.59 Å². The van der Waals surface area contributed by atoms with Crippen LogP contribution in [-0.4, -0.2) is 48.0 Å². The normalized spacial score (nSPS) is 30.5. The lowest BCUT2D eigenvalue weighted by atomic mass is 10.1. The lowest BCUT2D eigenvalue weighted by Crippen LogP contribution is -2.42. The van der Waals surface area contributed by atoms with E-state index in [9.17, 15) is 9.59 Å². The van der Waals surface area contributed by atoms with Crippen molar-refractivity contribution in [2.45, 2.75) is 31.5 Å². The van der Waals surface area contributed by atoms with Crippen molar-refractivity contribution in [2.75, 3.05) is 11.5 Å². The van der Waals surface area contributed by atoms with Crippen molar-refractivity contribution in [2.24, 2.45) is 5.73 Å². The minimum absolute atomic E-state index is 0.270. The Bertz CT molecular complexity index is 363. The van der Waals surface area contributed by atoms with Crippen molar-refractivity contribution in [3.63, 3.8) is 0 Å². The number of nitrogens with two attached hydrogens (primary N) is 1. The van der Waals surface area contributed by atoms with E-state index >= 15 is 0 Å². The van der Waals surface area contributed by atoms with Crippen molar-refractivity contribution in [3.8, 4) is 0 Å². The van der Waals surface area contributed by atoms with E-state index < -0.39 is 24.3 Å². The Labute approximate surface area is 125 Å². The fraction of sp³-hybridized carbons (Fsp3) is 0.636. The minimum atomic E-state index is -0.568.